The van der Waals surface area contributed by atoms with Gasteiger partial charge in [-0.25, -0.2) is 10.6 Å². The van der Waals surface area contributed by atoms with Crippen LogP contribution in [0.1, 0.15) is 13.8 Å². The third-order valence-electron chi connectivity index (χ3n) is 0.863. The van der Waals surface area contributed by atoms with Crippen LogP contribution in [0, 0.1) is 0 Å². The Morgan fingerprint density at radius 3 is 1.50 bits per heavy atom. The number of hydrogen-bond acceptors (Lipinski definition) is 0. The number of nitrogens with zero attached hydrogens (tertiary/aromatic N) is 2. The van der Waals surface area contributed by atoms with Crippen LogP contribution in [-0.4, -0.2) is 26.2 Å². The fourth-order valence-electron chi connectivity index (χ4n) is 0.458. The predicted molar refractivity (Wildman–Crippen MR) is 35.1 cm³/mol. The summed E-state index contributed by atoms with van der Waals surface area (Å²) in [5.74, 6) is 0. The molecule has 2 nitrogen and oxygen atoms in total. The van der Waals surface area contributed by atoms with Crippen molar-refractivity contribution in [3.63, 3.8) is 0 Å². The van der Waals surface area contributed by atoms with Gasteiger partial charge in [-0.05, 0) is 0 Å². The number of hydrogen-bond donors (Lipinski definition) is 0. The van der Waals surface area contributed by atoms with Gasteiger partial charge in [-0.2, -0.15) is 0 Å². The van der Waals surface area contributed by atoms with Crippen LogP contribution in [-0.2, 0) is 0 Å². The molecule has 0 aromatic carbocycles. The highest BCUT2D eigenvalue weighted by Crippen LogP contribution is 1.62. The quantitative estimate of drug-likeness (QED) is 0.458. The van der Waals surface area contributed by atoms with E-state index < -0.39 is 0 Å². The molecular formula is C6H14N2. The molecule has 0 atom stereocenters. The fraction of sp³-hybridized carbons (Fsp3) is 1.00. The fourth-order valence-corrected chi connectivity index (χ4v) is 0.458. The molecule has 0 rings (SSSR count). The van der Waals surface area contributed by atoms with Gasteiger partial charge in [0.25, 0.3) is 0 Å². The lowest BCUT2D eigenvalue weighted by Crippen LogP contribution is -2.17. The molecule has 2 radical (unpaired) electrons. The van der Waals surface area contributed by atoms with Crippen molar-refractivity contribution in [3.8, 4) is 0 Å². The monoisotopic (exact) mass is 114 g/mol. The summed E-state index contributed by atoms with van der Waals surface area (Å²) in [6.07, 6.45) is 0. The minimum atomic E-state index is 0.907. The molecule has 0 aliphatic heterocycles. The van der Waals surface area contributed by atoms with Gasteiger partial charge in [-0.3, -0.25) is 0 Å². The molecule has 0 bridgehead atoms. The highest BCUT2D eigenvalue weighted by molar-refractivity contribution is 4.45. The van der Waals surface area contributed by atoms with E-state index in [9.17, 15) is 0 Å². The van der Waals surface area contributed by atoms with E-state index in [1.54, 1.807) is 0 Å². The molecule has 0 saturated carbocycles. The predicted octanol–water partition coefficient (Wildman–Crippen LogP) is 0.235. The van der Waals surface area contributed by atoms with E-state index in [2.05, 4.69) is 10.6 Å². The lowest BCUT2D eigenvalue weighted by Gasteiger charge is -1.95. The second kappa shape index (κ2) is 6.92. The zero-order valence-corrected chi connectivity index (χ0v) is 5.72. The SMILES string of the molecule is CC[N]CC[N]CC. The van der Waals surface area contributed by atoms with Crippen molar-refractivity contribution >= 4 is 0 Å². The van der Waals surface area contributed by atoms with Gasteiger partial charge in [0.1, 0.15) is 0 Å². The second-order valence-electron chi connectivity index (χ2n) is 1.53. The molecule has 8 heavy (non-hydrogen) atoms. The first kappa shape index (κ1) is 7.92. The summed E-state index contributed by atoms with van der Waals surface area (Å²) in [5.41, 5.74) is 0. The Kier molecular flexibility index (Phi) is 6.85. The maximum Gasteiger partial charge on any atom is 0.0275 e. The summed E-state index contributed by atoms with van der Waals surface area (Å²) in [6, 6.07) is 0. The van der Waals surface area contributed by atoms with Gasteiger partial charge in [0.15, 0.2) is 0 Å². The van der Waals surface area contributed by atoms with Crippen LogP contribution >= 0.6 is 0 Å². The minimum absolute atomic E-state index is 0.907. The van der Waals surface area contributed by atoms with Crippen LogP contribution in [0.3, 0.4) is 0 Å². The summed E-state index contributed by atoms with van der Waals surface area (Å²) in [4.78, 5) is 0. The van der Waals surface area contributed by atoms with E-state index in [1.807, 2.05) is 13.8 Å². The molecule has 0 unspecified atom stereocenters. The summed E-state index contributed by atoms with van der Waals surface area (Å²) in [5, 5.41) is 8.23. The Hall–Kier alpha value is -0.0800. The van der Waals surface area contributed by atoms with Gasteiger partial charge in [0, 0.05) is 26.2 Å². The van der Waals surface area contributed by atoms with Gasteiger partial charge in [-0.1, -0.05) is 13.8 Å². The van der Waals surface area contributed by atoms with Crippen LogP contribution in [0.2, 0.25) is 0 Å². The average Bonchev–Trinajstić information content (AvgIpc) is 1.81. The summed E-state index contributed by atoms with van der Waals surface area (Å²) in [6.45, 7) is 7.77. The third kappa shape index (κ3) is 5.92. The molecular weight excluding hydrogens is 100 g/mol. The minimum Gasteiger partial charge on any atom is -0.241 e. The molecule has 0 heterocycles. The molecule has 0 aromatic heterocycles. The Balaban J connectivity index is 2.53. The first-order valence-corrected chi connectivity index (χ1v) is 3.18. The highest BCUT2D eigenvalue weighted by atomic mass is 14.9. The Morgan fingerprint density at radius 2 is 1.25 bits per heavy atom. The van der Waals surface area contributed by atoms with Gasteiger partial charge in [0.2, 0.25) is 0 Å². The molecule has 0 aliphatic carbocycles. The molecule has 0 aliphatic rings. The van der Waals surface area contributed by atoms with Crippen molar-refractivity contribution in [2.75, 3.05) is 26.2 Å². The van der Waals surface area contributed by atoms with E-state index >= 15 is 0 Å². The summed E-state index contributed by atoms with van der Waals surface area (Å²) < 4.78 is 0. The maximum atomic E-state index is 4.12. The van der Waals surface area contributed by atoms with Crippen LogP contribution in [0.4, 0.5) is 0 Å². The Bertz CT molecular complexity index is 31.5. The highest BCUT2D eigenvalue weighted by Gasteiger charge is 1.82. The zero-order chi connectivity index (χ0) is 6.24. The zero-order valence-electron chi connectivity index (χ0n) is 5.72. The van der Waals surface area contributed by atoms with Crippen molar-refractivity contribution in [3.05, 3.63) is 0 Å². The number of rotatable bonds is 5. The molecule has 0 amide bonds. The summed E-state index contributed by atoms with van der Waals surface area (Å²) in [7, 11) is 0. The normalized spacial score (nSPS) is 9.75. The largest absolute Gasteiger partial charge is 0.241 e. The smallest absolute Gasteiger partial charge is 0.0275 e. The molecule has 48 valence electrons. The van der Waals surface area contributed by atoms with Gasteiger partial charge in [-0.15, -0.1) is 0 Å². The lowest BCUT2D eigenvalue weighted by atomic mass is 10.6. The van der Waals surface area contributed by atoms with Gasteiger partial charge in [0.05, 0.1) is 0 Å². The van der Waals surface area contributed by atoms with E-state index in [0.29, 0.717) is 0 Å². The van der Waals surface area contributed by atoms with Crippen LogP contribution in [0.25, 0.3) is 0 Å². The Morgan fingerprint density at radius 1 is 0.875 bits per heavy atom. The van der Waals surface area contributed by atoms with Gasteiger partial charge < -0.3 is 0 Å². The standard InChI is InChI=1S/C6H14N2/c1-3-7-5-6-8-4-2/h3-6H2,1-2H3. The van der Waals surface area contributed by atoms with Crippen molar-refractivity contribution < 1.29 is 0 Å². The topological polar surface area (TPSA) is 28.2 Å². The van der Waals surface area contributed by atoms with E-state index in [0.717, 1.165) is 26.2 Å². The van der Waals surface area contributed by atoms with Crippen molar-refractivity contribution in [1.82, 2.24) is 10.6 Å². The molecule has 0 N–H and O–H groups in total. The third-order valence-corrected chi connectivity index (χ3v) is 0.863. The van der Waals surface area contributed by atoms with E-state index in [-0.39, 0.29) is 0 Å². The van der Waals surface area contributed by atoms with Crippen molar-refractivity contribution in [2.24, 2.45) is 0 Å². The van der Waals surface area contributed by atoms with Crippen molar-refractivity contribution in [1.29, 1.82) is 0 Å². The maximum absolute atomic E-state index is 4.12. The number of likely N-dealkylation sites (N-methyl/N-ethyl adjacent to an activating group) is 2. The molecule has 0 spiro atoms. The van der Waals surface area contributed by atoms with Gasteiger partial charge >= 0.3 is 0 Å². The molecule has 0 aromatic rings. The van der Waals surface area contributed by atoms with Crippen LogP contribution in [0.5, 0.6) is 0 Å². The second-order valence-corrected chi connectivity index (χ2v) is 1.53. The average molecular weight is 114 g/mol. The molecule has 0 saturated heterocycles. The first-order valence-electron chi connectivity index (χ1n) is 3.18. The van der Waals surface area contributed by atoms with Crippen LogP contribution < -0.4 is 10.6 Å². The van der Waals surface area contributed by atoms with E-state index in [1.165, 1.54) is 0 Å². The Labute approximate surface area is 51.7 Å². The van der Waals surface area contributed by atoms with Crippen molar-refractivity contribution in [2.45, 2.75) is 13.8 Å². The summed E-state index contributed by atoms with van der Waals surface area (Å²) >= 11 is 0. The lowest BCUT2D eigenvalue weighted by molar-refractivity contribution is 0.624. The molecule has 2 heteroatoms. The van der Waals surface area contributed by atoms with Crippen LogP contribution in [0.15, 0.2) is 0 Å². The first-order chi connectivity index (χ1) is 3.91. The van der Waals surface area contributed by atoms with E-state index in [4.69, 9.17) is 0 Å². The molecule has 0 fully saturated rings.